The number of nitrogens with two attached hydrogens (primary N) is 1. The molecule has 1 fully saturated rings. The first-order valence-corrected chi connectivity index (χ1v) is 6.60. The Morgan fingerprint density at radius 1 is 1.44 bits per heavy atom. The van der Waals surface area contributed by atoms with Gasteiger partial charge in [0.25, 0.3) is 0 Å². The quantitative estimate of drug-likeness (QED) is 0.521. The molecule has 0 amide bonds. The maximum Gasteiger partial charge on any atom is 0.0565 e. The summed E-state index contributed by atoms with van der Waals surface area (Å²) in [6.07, 6.45) is 6.81. The summed E-state index contributed by atoms with van der Waals surface area (Å²) in [7, 11) is 0. The fraction of sp³-hybridized carbons (Fsp3) is 0.615. The molecule has 1 aromatic heterocycles. The molecule has 0 radical (unpaired) electrons. The van der Waals surface area contributed by atoms with Crippen molar-refractivity contribution in [3.63, 3.8) is 0 Å². The van der Waals surface area contributed by atoms with Gasteiger partial charge < -0.3 is 10.5 Å². The summed E-state index contributed by atoms with van der Waals surface area (Å²) < 4.78 is 0. The topological polar surface area (TPSA) is 74.4 Å². The average molecular weight is 250 g/mol. The molecule has 2 rings (SSSR count). The summed E-state index contributed by atoms with van der Waals surface area (Å²) in [5, 5.41) is 9.18. The van der Waals surface area contributed by atoms with E-state index in [2.05, 4.69) is 15.3 Å². The smallest absolute Gasteiger partial charge is 0.0565 e. The van der Waals surface area contributed by atoms with Crippen LogP contribution in [-0.4, -0.2) is 34.2 Å². The molecular formula is C13H22N4O. The van der Waals surface area contributed by atoms with E-state index in [1.54, 1.807) is 6.20 Å². The molecule has 0 spiro atoms. The van der Waals surface area contributed by atoms with E-state index in [0.29, 0.717) is 12.6 Å². The Kier molecular flexibility index (Phi) is 4.92. The van der Waals surface area contributed by atoms with Crippen molar-refractivity contribution in [2.24, 2.45) is 5.84 Å². The van der Waals surface area contributed by atoms with E-state index >= 15 is 0 Å². The summed E-state index contributed by atoms with van der Waals surface area (Å²) in [4.78, 5) is 6.69. The molecule has 1 heterocycles. The van der Waals surface area contributed by atoms with Gasteiger partial charge in [0.15, 0.2) is 0 Å². The fourth-order valence-electron chi connectivity index (χ4n) is 2.65. The van der Waals surface area contributed by atoms with Crippen molar-refractivity contribution in [1.29, 1.82) is 0 Å². The average Bonchev–Trinajstić information content (AvgIpc) is 2.92. The van der Waals surface area contributed by atoms with Crippen LogP contribution in [0.15, 0.2) is 18.3 Å². The van der Waals surface area contributed by atoms with Gasteiger partial charge in [0, 0.05) is 25.3 Å². The van der Waals surface area contributed by atoms with Crippen LogP contribution in [0.1, 0.15) is 31.4 Å². The molecule has 18 heavy (non-hydrogen) atoms. The molecule has 0 saturated heterocycles. The van der Waals surface area contributed by atoms with Gasteiger partial charge in [0.1, 0.15) is 0 Å². The van der Waals surface area contributed by atoms with E-state index in [1.807, 2.05) is 12.1 Å². The summed E-state index contributed by atoms with van der Waals surface area (Å²) in [5.41, 5.74) is 4.50. The number of anilines is 1. The van der Waals surface area contributed by atoms with Gasteiger partial charge in [-0.25, -0.2) is 0 Å². The lowest BCUT2D eigenvalue weighted by Crippen LogP contribution is -2.35. The zero-order valence-corrected chi connectivity index (χ0v) is 10.7. The Hall–Kier alpha value is -1.17. The minimum Gasteiger partial charge on any atom is -0.395 e. The van der Waals surface area contributed by atoms with Crippen LogP contribution in [0.25, 0.3) is 0 Å². The van der Waals surface area contributed by atoms with E-state index in [1.165, 1.54) is 25.7 Å². The lowest BCUT2D eigenvalue weighted by atomic mass is 10.2. The van der Waals surface area contributed by atoms with Crippen molar-refractivity contribution in [3.05, 3.63) is 24.0 Å². The first-order valence-electron chi connectivity index (χ1n) is 6.60. The maximum absolute atomic E-state index is 9.18. The van der Waals surface area contributed by atoms with Gasteiger partial charge in [-0.3, -0.25) is 15.7 Å². The van der Waals surface area contributed by atoms with E-state index in [-0.39, 0.29) is 6.61 Å². The minimum absolute atomic E-state index is 0.200. The zero-order valence-electron chi connectivity index (χ0n) is 10.7. The molecule has 4 N–H and O–H groups in total. The molecule has 5 nitrogen and oxygen atoms in total. The minimum atomic E-state index is 0.200. The Morgan fingerprint density at radius 3 is 2.89 bits per heavy atom. The number of nitrogen functional groups attached to an aromatic ring is 1. The number of aliphatic hydroxyl groups excluding tert-OH is 1. The van der Waals surface area contributed by atoms with E-state index in [4.69, 9.17) is 5.84 Å². The van der Waals surface area contributed by atoms with Crippen LogP contribution in [0.4, 0.5) is 5.69 Å². The van der Waals surface area contributed by atoms with E-state index < -0.39 is 0 Å². The van der Waals surface area contributed by atoms with Gasteiger partial charge in [-0.1, -0.05) is 12.8 Å². The SMILES string of the molecule is NNc1ccnc(CN(CCO)C2CCCC2)c1. The van der Waals surface area contributed by atoms with Crippen molar-refractivity contribution in [2.45, 2.75) is 38.3 Å². The van der Waals surface area contributed by atoms with Gasteiger partial charge in [0.05, 0.1) is 18.0 Å². The molecule has 0 atom stereocenters. The lowest BCUT2D eigenvalue weighted by Gasteiger charge is -2.27. The second-order valence-electron chi connectivity index (χ2n) is 4.81. The van der Waals surface area contributed by atoms with Crippen molar-refractivity contribution >= 4 is 5.69 Å². The van der Waals surface area contributed by atoms with Crippen LogP contribution in [0.5, 0.6) is 0 Å². The third-order valence-electron chi connectivity index (χ3n) is 3.58. The molecule has 0 unspecified atom stereocenters. The van der Waals surface area contributed by atoms with Crippen LogP contribution in [0, 0.1) is 0 Å². The van der Waals surface area contributed by atoms with Crippen molar-refractivity contribution in [3.8, 4) is 0 Å². The standard InChI is InChI=1S/C13H22N4O/c14-16-11-5-6-15-12(9-11)10-17(7-8-18)13-3-1-2-4-13/h5-6,9,13,18H,1-4,7-8,10,14H2,(H,15,16). The Balaban J connectivity index is 2.02. The van der Waals surface area contributed by atoms with Crippen molar-refractivity contribution in [1.82, 2.24) is 9.88 Å². The maximum atomic E-state index is 9.18. The zero-order chi connectivity index (χ0) is 12.8. The van der Waals surface area contributed by atoms with Gasteiger partial charge in [-0.2, -0.15) is 0 Å². The van der Waals surface area contributed by atoms with Crippen LogP contribution < -0.4 is 11.3 Å². The largest absolute Gasteiger partial charge is 0.395 e. The molecule has 1 aromatic rings. The second-order valence-corrected chi connectivity index (χ2v) is 4.81. The Morgan fingerprint density at radius 2 is 2.22 bits per heavy atom. The number of aromatic nitrogens is 1. The van der Waals surface area contributed by atoms with Gasteiger partial charge in [0.2, 0.25) is 0 Å². The first-order chi connectivity index (χ1) is 8.83. The monoisotopic (exact) mass is 250 g/mol. The second kappa shape index (κ2) is 6.68. The summed E-state index contributed by atoms with van der Waals surface area (Å²) >= 11 is 0. The predicted octanol–water partition coefficient (Wildman–Crippen LogP) is 1.10. The normalized spacial score (nSPS) is 16.4. The summed E-state index contributed by atoms with van der Waals surface area (Å²) in [5.74, 6) is 5.40. The van der Waals surface area contributed by atoms with Gasteiger partial charge in [-0.15, -0.1) is 0 Å². The van der Waals surface area contributed by atoms with Gasteiger partial charge >= 0.3 is 0 Å². The molecule has 0 bridgehead atoms. The highest BCUT2D eigenvalue weighted by Crippen LogP contribution is 2.24. The van der Waals surface area contributed by atoms with Crippen LogP contribution in [0.3, 0.4) is 0 Å². The first kappa shape index (κ1) is 13.3. The number of aliphatic hydroxyl groups is 1. The van der Waals surface area contributed by atoms with E-state index in [0.717, 1.165) is 17.9 Å². The molecule has 5 heteroatoms. The number of hydrazine groups is 1. The highest BCUT2D eigenvalue weighted by molar-refractivity contribution is 5.41. The third kappa shape index (κ3) is 3.41. The molecule has 100 valence electrons. The fourth-order valence-corrected chi connectivity index (χ4v) is 2.65. The third-order valence-corrected chi connectivity index (χ3v) is 3.58. The van der Waals surface area contributed by atoms with Crippen LogP contribution in [-0.2, 0) is 6.54 Å². The summed E-state index contributed by atoms with van der Waals surface area (Å²) in [6.45, 7) is 1.69. The Labute approximate surface area is 108 Å². The number of nitrogens with zero attached hydrogens (tertiary/aromatic N) is 2. The van der Waals surface area contributed by atoms with Gasteiger partial charge in [-0.05, 0) is 25.0 Å². The molecule has 0 aromatic carbocycles. The van der Waals surface area contributed by atoms with Crippen LogP contribution >= 0.6 is 0 Å². The van der Waals surface area contributed by atoms with Crippen molar-refractivity contribution < 1.29 is 5.11 Å². The number of hydrogen-bond acceptors (Lipinski definition) is 5. The molecular weight excluding hydrogens is 228 g/mol. The molecule has 1 aliphatic rings. The highest BCUT2D eigenvalue weighted by Gasteiger charge is 2.22. The molecule has 1 aliphatic carbocycles. The number of nitrogens with one attached hydrogen (secondary N) is 1. The predicted molar refractivity (Wildman–Crippen MR) is 71.8 cm³/mol. The number of hydrogen-bond donors (Lipinski definition) is 3. The summed E-state index contributed by atoms with van der Waals surface area (Å²) in [6, 6.07) is 4.39. The van der Waals surface area contributed by atoms with E-state index in [9.17, 15) is 5.11 Å². The Bertz CT molecular complexity index is 366. The number of pyridine rings is 1. The molecule has 0 aliphatic heterocycles. The van der Waals surface area contributed by atoms with Crippen LogP contribution in [0.2, 0.25) is 0 Å². The van der Waals surface area contributed by atoms with Crippen molar-refractivity contribution in [2.75, 3.05) is 18.6 Å². The number of rotatable bonds is 6. The molecule has 1 saturated carbocycles. The lowest BCUT2D eigenvalue weighted by molar-refractivity contribution is 0.143. The highest BCUT2D eigenvalue weighted by atomic mass is 16.3.